The number of carbonyl (C=O) groups excluding carboxylic acids is 1. The number of rotatable bonds is 7. The van der Waals surface area contributed by atoms with Crippen LogP contribution in [-0.2, 0) is 5.75 Å². The van der Waals surface area contributed by atoms with E-state index in [1.165, 1.54) is 0 Å². The lowest BCUT2D eigenvalue weighted by molar-refractivity contribution is 0.0860. The first-order chi connectivity index (χ1) is 13.2. The van der Waals surface area contributed by atoms with Crippen molar-refractivity contribution in [1.29, 1.82) is 0 Å². The molecule has 6 nitrogen and oxygen atoms in total. The van der Waals surface area contributed by atoms with Crippen molar-refractivity contribution in [2.24, 2.45) is 4.99 Å². The Balaban J connectivity index is 1.72. The van der Waals surface area contributed by atoms with Gasteiger partial charge in [-0.2, -0.15) is 0 Å². The average Bonchev–Trinajstić information content (AvgIpc) is 3.17. The number of pyridine rings is 1. The first-order valence-electron chi connectivity index (χ1n) is 9.00. The van der Waals surface area contributed by atoms with Crippen molar-refractivity contribution in [2.45, 2.75) is 19.6 Å². The third-order valence-corrected chi connectivity index (χ3v) is 5.01. The summed E-state index contributed by atoms with van der Waals surface area (Å²) in [5.74, 6) is 1.89. The van der Waals surface area contributed by atoms with Gasteiger partial charge in [0.1, 0.15) is 0 Å². The van der Waals surface area contributed by atoms with E-state index in [4.69, 9.17) is 9.47 Å². The smallest absolute Gasteiger partial charge is 0.260 e. The number of carbonyl (C=O) groups is 1. The number of ether oxygens (including phenoxy) is 2. The molecule has 1 aliphatic rings. The predicted octanol–water partition coefficient (Wildman–Crippen LogP) is 3.62. The maximum absolute atomic E-state index is 13.0. The van der Waals surface area contributed by atoms with E-state index in [0.29, 0.717) is 43.4 Å². The molecule has 0 saturated heterocycles. The molecule has 2 heterocycles. The highest BCUT2D eigenvalue weighted by molar-refractivity contribution is 8.13. The second-order valence-corrected chi connectivity index (χ2v) is 6.74. The molecule has 0 N–H and O–H groups in total. The summed E-state index contributed by atoms with van der Waals surface area (Å²) in [6.45, 7) is 6.09. The van der Waals surface area contributed by atoms with Crippen LogP contribution in [0.5, 0.6) is 11.5 Å². The summed E-state index contributed by atoms with van der Waals surface area (Å²) >= 11 is 1.55. The second-order valence-electron chi connectivity index (χ2n) is 5.80. The number of nitrogens with zero attached hydrogens (tertiary/aromatic N) is 3. The molecular weight excluding hydrogens is 362 g/mol. The normalized spacial score (nSPS) is 13.4. The molecule has 142 valence electrons. The number of hydrogen-bond donors (Lipinski definition) is 0. The van der Waals surface area contributed by atoms with E-state index in [2.05, 4.69) is 9.98 Å². The fourth-order valence-corrected chi connectivity index (χ4v) is 3.69. The molecule has 27 heavy (non-hydrogen) atoms. The minimum absolute atomic E-state index is 0.0751. The molecule has 7 heteroatoms. The lowest BCUT2D eigenvalue weighted by atomic mass is 10.1. The molecule has 1 aromatic carbocycles. The van der Waals surface area contributed by atoms with E-state index in [9.17, 15) is 4.79 Å². The number of benzene rings is 1. The Hall–Kier alpha value is -2.54. The number of aromatic nitrogens is 1. The lowest BCUT2D eigenvalue weighted by Crippen LogP contribution is -2.32. The van der Waals surface area contributed by atoms with Crippen molar-refractivity contribution in [2.75, 3.05) is 26.3 Å². The van der Waals surface area contributed by atoms with E-state index in [1.54, 1.807) is 41.1 Å². The SMILES string of the molecule is CCOc1ccc(C(=O)N2CCN=C2SCc2cccnc2)cc1OCC. The van der Waals surface area contributed by atoms with Gasteiger partial charge in [0.05, 0.1) is 19.8 Å². The van der Waals surface area contributed by atoms with Crippen molar-refractivity contribution >= 4 is 22.8 Å². The summed E-state index contributed by atoms with van der Waals surface area (Å²) in [6.07, 6.45) is 3.58. The zero-order chi connectivity index (χ0) is 19.1. The van der Waals surface area contributed by atoms with Gasteiger partial charge in [-0.1, -0.05) is 17.8 Å². The summed E-state index contributed by atoms with van der Waals surface area (Å²) in [5, 5.41) is 0.746. The molecule has 0 unspecified atom stereocenters. The van der Waals surface area contributed by atoms with Crippen LogP contribution in [0.4, 0.5) is 0 Å². The first-order valence-corrected chi connectivity index (χ1v) is 9.99. The molecular formula is C20H23N3O3S. The Morgan fingerprint density at radius 1 is 1.19 bits per heavy atom. The van der Waals surface area contributed by atoms with Crippen LogP contribution in [0.3, 0.4) is 0 Å². The van der Waals surface area contributed by atoms with Crippen LogP contribution in [-0.4, -0.2) is 47.3 Å². The Bertz CT molecular complexity index is 811. The van der Waals surface area contributed by atoms with Gasteiger partial charge in [0, 0.05) is 30.3 Å². The molecule has 1 aromatic heterocycles. The zero-order valence-corrected chi connectivity index (χ0v) is 16.4. The minimum atomic E-state index is -0.0751. The van der Waals surface area contributed by atoms with E-state index in [0.717, 1.165) is 16.5 Å². The molecule has 3 rings (SSSR count). The fourth-order valence-electron chi connectivity index (χ4n) is 2.71. The standard InChI is InChI=1S/C20H23N3O3S/c1-3-25-17-8-7-16(12-18(17)26-4-2)19(24)23-11-10-22-20(23)27-14-15-6-5-9-21-13-15/h5-9,12-13H,3-4,10-11,14H2,1-2H3. The molecule has 0 spiro atoms. The van der Waals surface area contributed by atoms with Gasteiger partial charge >= 0.3 is 0 Å². The minimum Gasteiger partial charge on any atom is -0.490 e. The topological polar surface area (TPSA) is 64.0 Å². The van der Waals surface area contributed by atoms with Gasteiger partial charge in [-0.3, -0.25) is 19.7 Å². The number of thioether (sulfide) groups is 1. The summed E-state index contributed by atoms with van der Waals surface area (Å²) in [5.41, 5.74) is 1.67. The predicted molar refractivity (Wildman–Crippen MR) is 108 cm³/mol. The van der Waals surface area contributed by atoms with Gasteiger partial charge in [-0.25, -0.2) is 0 Å². The third kappa shape index (κ3) is 4.80. The maximum atomic E-state index is 13.0. The van der Waals surface area contributed by atoms with E-state index < -0.39 is 0 Å². The first kappa shape index (κ1) is 19.2. The van der Waals surface area contributed by atoms with Crippen LogP contribution in [0.1, 0.15) is 29.8 Å². The quantitative estimate of drug-likeness (QED) is 0.728. The highest BCUT2D eigenvalue weighted by atomic mass is 32.2. The van der Waals surface area contributed by atoms with Crippen molar-refractivity contribution in [3.05, 3.63) is 53.9 Å². The van der Waals surface area contributed by atoms with Crippen molar-refractivity contribution in [1.82, 2.24) is 9.88 Å². The molecule has 1 aliphatic heterocycles. The Morgan fingerprint density at radius 2 is 2.00 bits per heavy atom. The molecule has 0 fully saturated rings. The second kappa shape index (κ2) is 9.41. The van der Waals surface area contributed by atoms with Crippen LogP contribution in [0.15, 0.2) is 47.7 Å². The highest BCUT2D eigenvalue weighted by Gasteiger charge is 2.26. The fraction of sp³-hybridized carbons (Fsp3) is 0.350. The molecule has 2 aromatic rings. The number of hydrogen-bond acceptors (Lipinski definition) is 6. The Kier molecular flexibility index (Phi) is 6.70. The average molecular weight is 385 g/mol. The van der Waals surface area contributed by atoms with Gasteiger partial charge in [0.15, 0.2) is 16.7 Å². The zero-order valence-electron chi connectivity index (χ0n) is 15.6. The van der Waals surface area contributed by atoms with E-state index in [1.807, 2.05) is 32.2 Å². The van der Waals surface area contributed by atoms with Crippen LogP contribution in [0.2, 0.25) is 0 Å². The van der Waals surface area contributed by atoms with E-state index in [-0.39, 0.29) is 5.91 Å². The van der Waals surface area contributed by atoms with E-state index >= 15 is 0 Å². The molecule has 0 radical (unpaired) electrons. The van der Waals surface area contributed by atoms with Crippen LogP contribution >= 0.6 is 11.8 Å². The molecule has 1 amide bonds. The van der Waals surface area contributed by atoms with Gasteiger partial charge in [0.25, 0.3) is 5.91 Å². The largest absolute Gasteiger partial charge is 0.490 e. The van der Waals surface area contributed by atoms with Crippen molar-refractivity contribution in [3.8, 4) is 11.5 Å². The molecule has 0 aliphatic carbocycles. The van der Waals surface area contributed by atoms with Crippen LogP contribution in [0.25, 0.3) is 0 Å². The monoisotopic (exact) mass is 385 g/mol. The van der Waals surface area contributed by atoms with Crippen molar-refractivity contribution in [3.63, 3.8) is 0 Å². The van der Waals surface area contributed by atoms with Gasteiger partial charge in [-0.15, -0.1) is 0 Å². The Morgan fingerprint density at radius 3 is 2.74 bits per heavy atom. The Labute approximate surface area is 163 Å². The lowest BCUT2D eigenvalue weighted by Gasteiger charge is -2.19. The van der Waals surface area contributed by atoms with Crippen LogP contribution < -0.4 is 9.47 Å². The molecule has 0 saturated carbocycles. The summed E-state index contributed by atoms with van der Waals surface area (Å²) in [6, 6.07) is 9.24. The molecule has 0 bridgehead atoms. The maximum Gasteiger partial charge on any atom is 0.260 e. The summed E-state index contributed by atoms with van der Waals surface area (Å²) in [7, 11) is 0. The van der Waals surface area contributed by atoms with Crippen LogP contribution in [0, 0.1) is 0 Å². The number of aliphatic imine (C=N–C) groups is 1. The number of amides is 1. The summed E-state index contributed by atoms with van der Waals surface area (Å²) in [4.78, 5) is 23.4. The van der Waals surface area contributed by atoms with Gasteiger partial charge in [0.2, 0.25) is 0 Å². The molecule has 0 atom stereocenters. The van der Waals surface area contributed by atoms with Gasteiger partial charge < -0.3 is 9.47 Å². The van der Waals surface area contributed by atoms with Gasteiger partial charge in [-0.05, 0) is 43.7 Å². The third-order valence-electron chi connectivity index (χ3n) is 3.93. The number of amidine groups is 1. The summed E-state index contributed by atoms with van der Waals surface area (Å²) < 4.78 is 11.2. The highest BCUT2D eigenvalue weighted by Crippen LogP contribution is 2.30. The van der Waals surface area contributed by atoms with Crippen molar-refractivity contribution < 1.29 is 14.3 Å².